The van der Waals surface area contributed by atoms with Crippen LogP contribution in [0.3, 0.4) is 0 Å². The highest BCUT2D eigenvalue weighted by Crippen LogP contribution is 2.28. The molecule has 5 heteroatoms. The first-order valence-electron chi connectivity index (χ1n) is 8.02. The number of piperidine rings is 1. The number of nitrogens with zero attached hydrogens (tertiary/aromatic N) is 3. The van der Waals surface area contributed by atoms with Gasteiger partial charge in [-0.3, -0.25) is 0 Å². The van der Waals surface area contributed by atoms with E-state index in [0.29, 0.717) is 0 Å². The van der Waals surface area contributed by atoms with E-state index in [2.05, 4.69) is 42.0 Å². The molecule has 0 amide bonds. The number of aromatic nitrogens is 2. The van der Waals surface area contributed by atoms with Crippen LogP contribution in [-0.4, -0.2) is 42.3 Å². The molecule has 2 rings (SSSR count). The van der Waals surface area contributed by atoms with Gasteiger partial charge in [-0.15, -0.1) is 0 Å². The van der Waals surface area contributed by atoms with Crippen molar-refractivity contribution in [1.82, 2.24) is 9.97 Å². The van der Waals surface area contributed by atoms with Crippen LogP contribution in [0.1, 0.15) is 45.9 Å². The third-order valence-corrected chi connectivity index (χ3v) is 4.11. The molecule has 0 radical (unpaired) electrons. The van der Waals surface area contributed by atoms with Crippen molar-refractivity contribution in [2.45, 2.75) is 52.1 Å². The smallest absolute Gasteiger partial charge is 0.134 e. The van der Waals surface area contributed by atoms with Gasteiger partial charge in [0.05, 0.1) is 5.60 Å². The Kier molecular flexibility index (Phi) is 5.39. The van der Waals surface area contributed by atoms with E-state index >= 15 is 0 Å². The molecule has 0 aliphatic carbocycles. The Hall–Kier alpha value is -1.36. The first-order chi connectivity index (χ1) is 10.1. The lowest BCUT2D eigenvalue weighted by Gasteiger charge is -2.40. The molecule has 1 aliphatic heterocycles. The van der Waals surface area contributed by atoms with Gasteiger partial charge in [-0.2, -0.15) is 0 Å². The van der Waals surface area contributed by atoms with Gasteiger partial charge in [0, 0.05) is 39.2 Å². The van der Waals surface area contributed by atoms with Crippen molar-refractivity contribution in [2.24, 2.45) is 0 Å². The van der Waals surface area contributed by atoms with Gasteiger partial charge in [-0.05, 0) is 26.2 Å². The molecule has 2 heterocycles. The van der Waals surface area contributed by atoms with Crippen molar-refractivity contribution in [3.8, 4) is 0 Å². The number of hydrogen-bond donors (Lipinski definition) is 1. The summed E-state index contributed by atoms with van der Waals surface area (Å²) in [5.41, 5.74) is -0.0768. The zero-order chi connectivity index (χ0) is 15.3. The van der Waals surface area contributed by atoms with Crippen LogP contribution in [0.2, 0.25) is 0 Å². The fourth-order valence-corrected chi connectivity index (χ4v) is 2.71. The van der Waals surface area contributed by atoms with Crippen LogP contribution < -0.4 is 10.2 Å². The van der Waals surface area contributed by atoms with Crippen LogP contribution >= 0.6 is 0 Å². The van der Waals surface area contributed by atoms with Crippen molar-refractivity contribution < 1.29 is 4.74 Å². The van der Waals surface area contributed by atoms with E-state index in [1.54, 1.807) is 7.11 Å². The van der Waals surface area contributed by atoms with Gasteiger partial charge < -0.3 is 15.0 Å². The zero-order valence-corrected chi connectivity index (χ0v) is 13.8. The summed E-state index contributed by atoms with van der Waals surface area (Å²) in [6.07, 6.45) is 4.18. The Bertz CT molecular complexity index is 466. The van der Waals surface area contributed by atoms with Crippen LogP contribution in [0.5, 0.6) is 0 Å². The summed E-state index contributed by atoms with van der Waals surface area (Å²) >= 11 is 0. The lowest BCUT2D eigenvalue weighted by Crippen LogP contribution is -2.47. The van der Waals surface area contributed by atoms with Gasteiger partial charge in [-0.25, -0.2) is 9.97 Å². The predicted molar refractivity (Wildman–Crippen MR) is 87.1 cm³/mol. The fraction of sp³-hybridized carbons (Fsp3) is 0.750. The summed E-state index contributed by atoms with van der Waals surface area (Å²) < 4.78 is 5.68. The molecule has 0 spiro atoms. The number of rotatable bonds is 6. The van der Waals surface area contributed by atoms with Crippen LogP contribution in [0.25, 0.3) is 0 Å². The highest BCUT2D eigenvalue weighted by molar-refractivity contribution is 5.50. The molecule has 0 bridgehead atoms. The molecule has 118 valence electrons. The van der Waals surface area contributed by atoms with Gasteiger partial charge in [0.25, 0.3) is 0 Å². The maximum Gasteiger partial charge on any atom is 0.134 e. The molecule has 0 saturated carbocycles. The minimum absolute atomic E-state index is 0.0768. The van der Waals surface area contributed by atoms with Gasteiger partial charge >= 0.3 is 0 Å². The zero-order valence-electron chi connectivity index (χ0n) is 13.8. The predicted octanol–water partition coefficient (Wildman–Crippen LogP) is 2.87. The summed E-state index contributed by atoms with van der Waals surface area (Å²) in [5, 5.41) is 3.37. The van der Waals surface area contributed by atoms with Crippen LogP contribution in [0, 0.1) is 0 Å². The van der Waals surface area contributed by atoms with E-state index in [0.717, 1.165) is 62.8 Å². The molecule has 1 fully saturated rings. The lowest BCUT2D eigenvalue weighted by molar-refractivity contribution is -0.00482. The molecule has 5 nitrogen and oxygen atoms in total. The number of nitrogens with one attached hydrogen (secondary N) is 1. The SMILES string of the molecule is CCCNc1cc(N2CCCC(C)(OC)C2)nc(CC)n1. The van der Waals surface area contributed by atoms with Gasteiger partial charge in [0.1, 0.15) is 17.5 Å². The molecule has 0 aromatic carbocycles. The van der Waals surface area contributed by atoms with E-state index < -0.39 is 0 Å². The molecular weight excluding hydrogens is 264 g/mol. The van der Waals surface area contributed by atoms with Gasteiger partial charge in [0.2, 0.25) is 0 Å². The molecule has 1 saturated heterocycles. The Morgan fingerprint density at radius 3 is 2.86 bits per heavy atom. The maximum absolute atomic E-state index is 5.68. The van der Waals surface area contributed by atoms with Crippen molar-refractivity contribution in [3.63, 3.8) is 0 Å². The number of ether oxygens (including phenoxy) is 1. The largest absolute Gasteiger partial charge is 0.377 e. The number of hydrogen-bond acceptors (Lipinski definition) is 5. The Morgan fingerprint density at radius 1 is 1.38 bits per heavy atom. The summed E-state index contributed by atoms with van der Waals surface area (Å²) in [6.45, 7) is 9.29. The van der Waals surface area contributed by atoms with E-state index in [1.165, 1.54) is 0 Å². The van der Waals surface area contributed by atoms with Crippen molar-refractivity contribution in [1.29, 1.82) is 0 Å². The topological polar surface area (TPSA) is 50.3 Å². The van der Waals surface area contributed by atoms with E-state index in [1.807, 2.05) is 0 Å². The second kappa shape index (κ2) is 7.07. The normalized spacial score (nSPS) is 22.4. The second-order valence-electron chi connectivity index (χ2n) is 5.99. The quantitative estimate of drug-likeness (QED) is 0.873. The molecule has 1 unspecified atom stereocenters. The van der Waals surface area contributed by atoms with Gasteiger partial charge in [-0.1, -0.05) is 13.8 Å². The van der Waals surface area contributed by atoms with Crippen LogP contribution in [0.4, 0.5) is 11.6 Å². The fourth-order valence-electron chi connectivity index (χ4n) is 2.71. The molecule has 1 atom stereocenters. The summed E-state index contributed by atoms with van der Waals surface area (Å²) in [7, 11) is 1.80. The van der Waals surface area contributed by atoms with Crippen molar-refractivity contribution in [3.05, 3.63) is 11.9 Å². The summed E-state index contributed by atoms with van der Waals surface area (Å²) in [5.74, 6) is 2.85. The Labute approximate surface area is 128 Å². The number of anilines is 2. The highest BCUT2D eigenvalue weighted by Gasteiger charge is 2.31. The molecule has 1 aromatic rings. The first kappa shape index (κ1) is 16.0. The lowest BCUT2D eigenvalue weighted by atomic mass is 9.95. The van der Waals surface area contributed by atoms with Gasteiger partial charge in [0.15, 0.2) is 0 Å². The minimum Gasteiger partial charge on any atom is -0.377 e. The van der Waals surface area contributed by atoms with Crippen molar-refractivity contribution in [2.75, 3.05) is 37.0 Å². The van der Waals surface area contributed by atoms with E-state index in [9.17, 15) is 0 Å². The number of aryl methyl sites for hydroxylation is 1. The number of methoxy groups -OCH3 is 1. The standard InChI is InChI=1S/C16H28N4O/c1-5-9-17-14-11-15(19-13(6-2)18-14)20-10-7-8-16(3,12-20)21-4/h11H,5-10,12H2,1-4H3,(H,17,18,19). The average Bonchev–Trinajstić information content (AvgIpc) is 2.52. The summed E-state index contributed by atoms with van der Waals surface area (Å²) in [4.78, 5) is 11.6. The van der Waals surface area contributed by atoms with Crippen LogP contribution in [0.15, 0.2) is 6.07 Å². The second-order valence-corrected chi connectivity index (χ2v) is 5.99. The molecule has 1 aliphatic rings. The first-order valence-corrected chi connectivity index (χ1v) is 8.02. The third kappa shape index (κ3) is 4.06. The molecule has 21 heavy (non-hydrogen) atoms. The molecule has 1 N–H and O–H groups in total. The van der Waals surface area contributed by atoms with Crippen LogP contribution in [-0.2, 0) is 11.2 Å². The minimum atomic E-state index is -0.0768. The summed E-state index contributed by atoms with van der Waals surface area (Å²) in [6, 6.07) is 2.07. The van der Waals surface area contributed by atoms with E-state index in [4.69, 9.17) is 9.72 Å². The monoisotopic (exact) mass is 292 g/mol. The molecular formula is C16H28N4O. The third-order valence-electron chi connectivity index (χ3n) is 4.11. The van der Waals surface area contributed by atoms with Crippen molar-refractivity contribution >= 4 is 11.6 Å². The Morgan fingerprint density at radius 2 is 2.19 bits per heavy atom. The van der Waals surface area contributed by atoms with E-state index in [-0.39, 0.29) is 5.60 Å². The Balaban J connectivity index is 2.21. The maximum atomic E-state index is 5.68. The molecule has 1 aromatic heterocycles. The highest BCUT2D eigenvalue weighted by atomic mass is 16.5. The average molecular weight is 292 g/mol.